The van der Waals surface area contributed by atoms with E-state index in [1.54, 1.807) is 13.0 Å². The SMILES string of the molecule is Cc1cc(N)c(N)c(C(F)F)c1. The van der Waals surface area contributed by atoms with Gasteiger partial charge in [0.15, 0.2) is 0 Å². The van der Waals surface area contributed by atoms with Gasteiger partial charge in [-0.1, -0.05) is 0 Å². The lowest BCUT2D eigenvalue weighted by Crippen LogP contribution is -2.01. The minimum atomic E-state index is -2.56. The molecule has 0 aromatic heterocycles. The summed E-state index contributed by atoms with van der Waals surface area (Å²) in [6.45, 7) is 1.70. The lowest BCUT2D eigenvalue weighted by Gasteiger charge is -2.08. The van der Waals surface area contributed by atoms with E-state index in [9.17, 15) is 8.78 Å². The predicted octanol–water partition coefficient (Wildman–Crippen LogP) is 2.10. The highest BCUT2D eigenvalue weighted by Gasteiger charge is 2.13. The summed E-state index contributed by atoms with van der Waals surface area (Å²) in [6, 6.07) is 2.91. The molecule has 0 amide bonds. The van der Waals surface area contributed by atoms with Gasteiger partial charge in [0.05, 0.1) is 11.4 Å². The molecule has 0 aliphatic carbocycles. The van der Waals surface area contributed by atoms with Gasteiger partial charge in [0.2, 0.25) is 0 Å². The van der Waals surface area contributed by atoms with Gasteiger partial charge in [-0.05, 0) is 24.6 Å². The molecule has 0 aliphatic rings. The highest BCUT2D eigenvalue weighted by Crippen LogP contribution is 2.30. The predicted molar refractivity (Wildman–Crippen MR) is 45.0 cm³/mol. The van der Waals surface area contributed by atoms with E-state index in [4.69, 9.17) is 11.5 Å². The minimum absolute atomic E-state index is 0.0180. The number of nitrogen functional groups attached to an aromatic ring is 2. The summed E-state index contributed by atoms with van der Waals surface area (Å²) >= 11 is 0. The zero-order chi connectivity index (χ0) is 9.30. The van der Waals surface area contributed by atoms with Gasteiger partial charge in [0.25, 0.3) is 6.43 Å². The number of rotatable bonds is 1. The van der Waals surface area contributed by atoms with Gasteiger partial charge in [-0.15, -0.1) is 0 Å². The standard InChI is InChI=1S/C8H10F2N2/c1-4-2-5(8(9)10)7(12)6(11)3-4/h2-3,8H,11-12H2,1H3. The molecule has 12 heavy (non-hydrogen) atoms. The van der Waals surface area contributed by atoms with Crippen LogP contribution in [0.3, 0.4) is 0 Å². The Morgan fingerprint density at radius 3 is 2.33 bits per heavy atom. The van der Waals surface area contributed by atoms with Crippen LogP contribution in [0.5, 0.6) is 0 Å². The van der Waals surface area contributed by atoms with Crippen LogP contribution in [0.1, 0.15) is 17.6 Å². The summed E-state index contributed by atoms with van der Waals surface area (Å²) in [4.78, 5) is 0. The topological polar surface area (TPSA) is 52.0 Å². The minimum Gasteiger partial charge on any atom is -0.397 e. The second kappa shape index (κ2) is 2.97. The maximum atomic E-state index is 12.3. The molecule has 0 radical (unpaired) electrons. The molecule has 0 unspecified atom stereocenters. The van der Waals surface area contributed by atoms with Crippen molar-refractivity contribution < 1.29 is 8.78 Å². The first-order chi connectivity index (χ1) is 5.52. The fourth-order valence-corrected chi connectivity index (χ4v) is 1.03. The molecule has 0 fully saturated rings. The monoisotopic (exact) mass is 172 g/mol. The van der Waals surface area contributed by atoms with E-state index in [-0.39, 0.29) is 16.9 Å². The van der Waals surface area contributed by atoms with Gasteiger partial charge in [-0.3, -0.25) is 0 Å². The molecular weight excluding hydrogens is 162 g/mol. The molecule has 0 bridgehead atoms. The first-order valence-electron chi connectivity index (χ1n) is 3.46. The number of aryl methyl sites for hydroxylation is 1. The van der Waals surface area contributed by atoms with Crippen molar-refractivity contribution >= 4 is 11.4 Å². The van der Waals surface area contributed by atoms with Gasteiger partial charge >= 0.3 is 0 Å². The largest absolute Gasteiger partial charge is 0.397 e. The third kappa shape index (κ3) is 1.47. The fraction of sp³-hybridized carbons (Fsp3) is 0.250. The highest BCUT2D eigenvalue weighted by molar-refractivity contribution is 5.68. The molecule has 0 saturated heterocycles. The lowest BCUT2D eigenvalue weighted by molar-refractivity contribution is 0.152. The van der Waals surface area contributed by atoms with Crippen LogP contribution in [0, 0.1) is 6.92 Å². The Labute approximate surface area is 69.2 Å². The molecule has 0 atom stereocenters. The Kier molecular flexibility index (Phi) is 2.17. The average Bonchev–Trinajstić information content (AvgIpc) is 1.96. The summed E-state index contributed by atoms with van der Waals surface area (Å²) in [5.41, 5.74) is 11.4. The number of halogens is 2. The van der Waals surface area contributed by atoms with Crippen LogP contribution in [-0.2, 0) is 0 Å². The Hall–Kier alpha value is -1.32. The quantitative estimate of drug-likeness (QED) is 0.637. The smallest absolute Gasteiger partial charge is 0.265 e. The fourth-order valence-electron chi connectivity index (χ4n) is 1.03. The molecule has 2 nitrogen and oxygen atoms in total. The number of anilines is 2. The van der Waals surface area contributed by atoms with Crippen LogP contribution < -0.4 is 11.5 Å². The van der Waals surface area contributed by atoms with Gasteiger partial charge in [0, 0.05) is 5.56 Å². The van der Waals surface area contributed by atoms with Crippen molar-refractivity contribution in [3.63, 3.8) is 0 Å². The number of hydrogen-bond acceptors (Lipinski definition) is 2. The molecule has 0 saturated carbocycles. The second-order valence-electron chi connectivity index (χ2n) is 2.66. The van der Waals surface area contributed by atoms with E-state index in [2.05, 4.69) is 0 Å². The summed E-state index contributed by atoms with van der Waals surface area (Å²) in [5, 5.41) is 0. The molecule has 66 valence electrons. The van der Waals surface area contributed by atoms with E-state index in [1.165, 1.54) is 6.07 Å². The van der Waals surface area contributed by atoms with Crippen molar-refractivity contribution in [3.05, 3.63) is 23.3 Å². The van der Waals surface area contributed by atoms with Crippen LogP contribution >= 0.6 is 0 Å². The molecule has 0 spiro atoms. The van der Waals surface area contributed by atoms with Gasteiger partial charge in [-0.25, -0.2) is 8.78 Å². The van der Waals surface area contributed by atoms with E-state index in [0.717, 1.165) is 0 Å². The van der Waals surface area contributed by atoms with Gasteiger partial charge in [0.1, 0.15) is 0 Å². The van der Waals surface area contributed by atoms with Crippen LogP contribution in [0.25, 0.3) is 0 Å². The Bertz CT molecular complexity index is 297. The average molecular weight is 172 g/mol. The highest BCUT2D eigenvalue weighted by atomic mass is 19.3. The number of nitrogens with two attached hydrogens (primary N) is 2. The van der Waals surface area contributed by atoms with Crippen LogP contribution in [0.15, 0.2) is 12.1 Å². The second-order valence-corrected chi connectivity index (χ2v) is 2.66. The van der Waals surface area contributed by atoms with Crippen LogP contribution in [0.4, 0.5) is 20.2 Å². The number of alkyl halides is 2. The van der Waals surface area contributed by atoms with Crippen molar-refractivity contribution in [2.75, 3.05) is 11.5 Å². The van der Waals surface area contributed by atoms with Crippen molar-refractivity contribution in [2.45, 2.75) is 13.3 Å². The Morgan fingerprint density at radius 1 is 1.25 bits per heavy atom. The third-order valence-electron chi connectivity index (χ3n) is 1.62. The normalized spacial score (nSPS) is 10.7. The summed E-state index contributed by atoms with van der Waals surface area (Å²) in [5.74, 6) is 0. The Morgan fingerprint density at radius 2 is 1.83 bits per heavy atom. The summed E-state index contributed by atoms with van der Waals surface area (Å²) < 4.78 is 24.5. The molecule has 0 heterocycles. The first-order valence-corrected chi connectivity index (χ1v) is 3.46. The Balaban J connectivity index is 3.28. The first kappa shape index (κ1) is 8.77. The zero-order valence-electron chi connectivity index (χ0n) is 6.64. The molecule has 0 aliphatic heterocycles. The molecular formula is C8H10F2N2. The van der Waals surface area contributed by atoms with Gasteiger partial charge in [-0.2, -0.15) is 0 Å². The molecule has 1 rings (SSSR count). The van der Waals surface area contributed by atoms with E-state index in [1.807, 2.05) is 0 Å². The molecule has 1 aromatic rings. The summed E-state index contributed by atoms with van der Waals surface area (Å²) in [6.07, 6.45) is -2.56. The van der Waals surface area contributed by atoms with Crippen LogP contribution in [-0.4, -0.2) is 0 Å². The van der Waals surface area contributed by atoms with Gasteiger partial charge < -0.3 is 11.5 Å². The molecule has 4 N–H and O–H groups in total. The van der Waals surface area contributed by atoms with E-state index in [0.29, 0.717) is 5.56 Å². The molecule has 4 heteroatoms. The maximum absolute atomic E-state index is 12.3. The lowest BCUT2D eigenvalue weighted by atomic mass is 10.1. The van der Waals surface area contributed by atoms with Crippen molar-refractivity contribution in [2.24, 2.45) is 0 Å². The summed E-state index contributed by atoms with van der Waals surface area (Å²) in [7, 11) is 0. The van der Waals surface area contributed by atoms with E-state index >= 15 is 0 Å². The number of benzene rings is 1. The maximum Gasteiger partial charge on any atom is 0.265 e. The third-order valence-corrected chi connectivity index (χ3v) is 1.62. The zero-order valence-corrected chi connectivity index (χ0v) is 6.64. The van der Waals surface area contributed by atoms with Crippen molar-refractivity contribution in [1.29, 1.82) is 0 Å². The van der Waals surface area contributed by atoms with Crippen LogP contribution in [0.2, 0.25) is 0 Å². The van der Waals surface area contributed by atoms with Crippen molar-refractivity contribution in [1.82, 2.24) is 0 Å². The molecule has 1 aromatic carbocycles. The van der Waals surface area contributed by atoms with Crippen molar-refractivity contribution in [3.8, 4) is 0 Å². The number of hydrogen-bond donors (Lipinski definition) is 2. The van der Waals surface area contributed by atoms with E-state index < -0.39 is 6.43 Å².